The Morgan fingerprint density at radius 2 is 1.73 bits per heavy atom. The maximum atomic E-state index is 14.3. The number of benzene rings is 2. The van der Waals surface area contributed by atoms with Crippen molar-refractivity contribution >= 4 is 29.1 Å². The normalized spacial score (nSPS) is 19.5. The van der Waals surface area contributed by atoms with Gasteiger partial charge in [-0.05, 0) is 47.5 Å². The molecule has 1 fully saturated rings. The number of likely N-dealkylation sites (N-methyl/N-ethyl adjacent to an activating group) is 1. The first-order valence-electron chi connectivity index (χ1n) is 12.1. The number of halogens is 1. The van der Waals surface area contributed by atoms with Gasteiger partial charge in [0.15, 0.2) is 11.5 Å². The first-order chi connectivity index (χ1) is 17.9. The highest BCUT2D eigenvalue weighted by Gasteiger charge is 2.45. The molecule has 5 rings (SSSR count). The van der Waals surface area contributed by atoms with Gasteiger partial charge in [-0.25, -0.2) is 0 Å². The smallest absolute Gasteiger partial charge is 0.254 e. The highest BCUT2D eigenvalue weighted by atomic mass is 35.5. The monoisotopic (exact) mass is 520 g/mol. The van der Waals surface area contributed by atoms with E-state index in [-0.39, 0.29) is 11.8 Å². The van der Waals surface area contributed by atoms with Crippen molar-refractivity contribution in [3.05, 3.63) is 82.6 Å². The summed E-state index contributed by atoms with van der Waals surface area (Å²) in [7, 11) is 4.81. The number of fused-ring (bicyclic) bond motifs is 1. The summed E-state index contributed by atoms with van der Waals surface area (Å²) in [5.74, 6) is 0.0859. The van der Waals surface area contributed by atoms with Gasteiger partial charge in [-0.15, -0.1) is 0 Å². The molecule has 2 aromatic carbocycles. The van der Waals surface area contributed by atoms with Crippen LogP contribution in [0.3, 0.4) is 0 Å². The zero-order valence-corrected chi connectivity index (χ0v) is 21.8. The summed E-state index contributed by atoms with van der Waals surface area (Å²) in [5, 5.41) is 0.686. The van der Waals surface area contributed by atoms with E-state index >= 15 is 0 Å². The minimum Gasteiger partial charge on any atom is -0.493 e. The number of hydrogen-bond acceptors (Lipinski definition) is 6. The molecular weight excluding hydrogens is 492 g/mol. The Labute approximate surface area is 221 Å². The summed E-state index contributed by atoms with van der Waals surface area (Å²) < 4.78 is 11.0. The van der Waals surface area contributed by atoms with E-state index in [0.29, 0.717) is 53.8 Å². The topological polar surface area (TPSA) is 75.2 Å². The third kappa shape index (κ3) is 4.57. The number of carbonyl (C=O) groups is 2. The Bertz CT molecular complexity index is 1310. The Kier molecular flexibility index (Phi) is 6.93. The van der Waals surface area contributed by atoms with Crippen molar-refractivity contribution in [2.24, 2.45) is 0 Å². The molecule has 0 radical (unpaired) electrons. The SMILES string of the molecule is COc1cc2c(cc1OC)[C@@H](C(=O)N1CCN(c3cccc(Cl)c3)CC1)[C@@H](c1cccnc1)N(C)C2=O. The van der Waals surface area contributed by atoms with Gasteiger partial charge in [0.2, 0.25) is 5.91 Å². The second kappa shape index (κ2) is 10.3. The summed E-state index contributed by atoms with van der Waals surface area (Å²) in [5.41, 5.74) is 2.92. The predicted molar refractivity (Wildman–Crippen MR) is 142 cm³/mol. The molecule has 0 spiro atoms. The van der Waals surface area contributed by atoms with Crippen LogP contribution in [0.2, 0.25) is 5.02 Å². The van der Waals surface area contributed by atoms with Crippen LogP contribution in [0.25, 0.3) is 0 Å². The van der Waals surface area contributed by atoms with Gasteiger partial charge >= 0.3 is 0 Å². The number of hydrogen-bond donors (Lipinski definition) is 0. The van der Waals surface area contributed by atoms with Crippen molar-refractivity contribution in [1.82, 2.24) is 14.8 Å². The Hall–Kier alpha value is -3.78. The van der Waals surface area contributed by atoms with E-state index in [0.717, 1.165) is 11.3 Å². The highest BCUT2D eigenvalue weighted by molar-refractivity contribution is 6.30. The molecule has 0 bridgehead atoms. The van der Waals surface area contributed by atoms with Crippen LogP contribution in [-0.4, -0.2) is 74.0 Å². The summed E-state index contributed by atoms with van der Waals surface area (Å²) in [6.07, 6.45) is 3.40. The first-order valence-corrected chi connectivity index (χ1v) is 12.5. The van der Waals surface area contributed by atoms with Gasteiger partial charge in [-0.2, -0.15) is 0 Å². The van der Waals surface area contributed by atoms with E-state index in [2.05, 4.69) is 9.88 Å². The van der Waals surface area contributed by atoms with Crippen LogP contribution in [0.5, 0.6) is 11.5 Å². The number of nitrogens with zero attached hydrogens (tertiary/aromatic N) is 4. The van der Waals surface area contributed by atoms with Crippen LogP contribution < -0.4 is 14.4 Å². The molecular formula is C28H29ClN4O4. The Morgan fingerprint density at radius 1 is 1.00 bits per heavy atom. The lowest BCUT2D eigenvalue weighted by Crippen LogP contribution is -2.53. The third-order valence-electron chi connectivity index (χ3n) is 7.23. The maximum absolute atomic E-state index is 14.3. The van der Waals surface area contributed by atoms with Gasteiger partial charge in [0, 0.05) is 61.9 Å². The predicted octanol–water partition coefficient (Wildman–Crippen LogP) is 4.01. The molecule has 9 heteroatoms. The molecule has 3 aromatic rings. The molecule has 3 heterocycles. The number of methoxy groups -OCH3 is 2. The average Bonchev–Trinajstić information content (AvgIpc) is 2.94. The van der Waals surface area contributed by atoms with Crippen molar-refractivity contribution in [2.45, 2.75) is 12.0 Å². The number of rotatable bonds is 5. The zero-order chi connectivity index (χ0) is 26.1. The molecule has 2 aliphatic heterocycles. The lowest BCUT2D eigenvalue weighted by molar-refractivity contribution is -0.134. The highest BCUT2D eigenvalue weighted by Crippen LogP contribution is 2.46. The van der Waals surface area contributed by atoms with E-state index < -0.39 is 12.0 Å². The van der Waals surface area contributed by atoms with Crippen LogP contribution in [0.4, 0.5) is 5.69 Å². The van der Waals surface area contributed by atoms with Crippen LogP contribution >= 0.6 is 11.6 Å². The molecule has 2 amide bonds. The van der Waals surface area contributed by atoms with Gasteiger partial charge < -0.3 is 24.2 Å². The molecule has 0 unspecified atom stereocenters. The van der Waals surface area contributed by atoms with Crippen LogP contribution in [-0.2, 0) is 4.79 Å². The summed E-state index contributed by atoms with van der Waals surface area (Å²) in [4.78, 5) is 37.8. The molecule has 0 saturated carbocycles. The van der Waals surface area contributed by atoms with Gasteiger partial charge in [-0.1, -0.05) is 23.7 Å². The fourth-order valence-electron chi connectivity index (χ4n) is 5.34. The second-order valence-corrected chi connectivity index (χ2v) is 9.65. The number of pyridine rings is 1. The molecule has 37 heavy (non-hydrogen) atoms. The first kappa shape index (κ1) is 24.9. The summed E-state index contributed by atoms with van der Waals surface area (Å²) >= 11 is 6.19. The van der Waals surface area contributed by atoms with Crippen LogP contribution in [0, 0.1) is 0 Å². The van der Waals surface area contributed by atoms with Gasteiger partial charge in [-0.3, -0.25) is 14.6 Å². The second-order valence-electron chi connectivity index (χ2n) is 9.21. The Balaban J connectivity index is 1.52. The van der Waals surface area contributed by atoms with E-state index in [1.54, 1.807) is 43.6 Å². The fourth-order valence-corrected chi connectivity index (χ4v) is 5.52. The van der Waals surface area contributed by atoms with E-state index in [4.69, 9.17) is 21.1 Å². The molecule has 1 aromatic heterocycles. The summed E-state index contributed by atoms with van der Waals surface area (Å²) in [6, 6.07) is 14.4. The van der Waals surface area contributed by atoms with Crippen molar-refractivity contribution in [3.63, 3.8) is 0 Å². The molecule has 1 saturated heterocycles. The largest absolute Gasteiger partial charge is 0.493 e. The van der Waals surface area contributed by atoms with Gasteiger partial charge in [0.1, 0.15) is 0 Å². The van der Waals surface area contributed by atoms with Crippen molar-refractivity contribution in [3.8, 4) is 11.5 Å². The Morgan fingerprint density at radius 3 is 2.38 bits per heavy atom. The van der Waals surface area contributed by atoms with Crippen molar-refractivity contribution < 1.29 is 19.1 Å². The minimum atomic E-state index is -0.626. The average molecular weight is 521 g/mol. The zero-order valence-electron chi connectivity index (χ0n) is 21.1. The quantitative estimate of drug-likeness (QED) is 0.506. The molecule has 2 aliphatic rings. The molecule has 192 valence electrons. The molecule has 8 nitrogen and oxygen atoms in total. The lowest BCUT2D eigenvalue weighted by Gasteiger charge is -2.43. The standard InChI is InChI=1S/C28H29ClN4O4/c1-31-26(18-6-5-9-30-17-18)25(21-15-23(36-2)24(37-3)16-22(21)27(31)34)28(35)33-12-10-32(11-13-33)20-8-4-7-19(29)14-20/h4-9,14-17,25-26H,10-13H2,1-3H3/t25-,26-/m1/s1. The number of ether oxygens (including phenoxy) is 2. The van der Waals surface area contributed by atoms with Crippen molar-refractivity contribution in [2.75, 3.05) is 52.3 Å². The maximum Gasteiger partial charge on any atom is 0.254 e. The van der Waals surface area contributed by atoms with E-state index in [1.807, 2.05) is 41.3 Å². The fraction of sp³-hybridized carbons (Fsp3) is 0.321. The number of anilines is 1. The number of aromatic nitrogens is 1. The van der Waals surface area contributed by atoms with Crippen molar-refractivity contribution in [1.29, 1.82) is 0 Å². The number of amides is 2. The van der Waals surface area contributed by atoms with E-state index in [1.165, 1.54) is 7.11 Å². The van der Waals surface area contributed by atoms with Crippen LogP contribution in [0.1, 0.15) is 33.4 Å². The van der Waals surface area contributed by atoms with E-state index in [9.17, 15) is 9.59 Å². The molecule has 0 aliphatic carbocycles. The molecule has 0 N–H and O–H groups in total. The minimum absolute atomic E-state index is 0.0348. The molecule has 2 atom stereocenters. The van der Waals surface area contributed by atoms with Gasteiger partial charge in [0.25, 0.3) is 5.91 Å². The van der Waals surface area contributed by atoms with Gasteiger partial charge in [0.05, 0.1) is 26.2 Å². The van der Waals surface area contributed by atoms with Crippen LogP contribution in [0.15, 0.2) is 60.9 Å². The lowest BCUT2D eigenvalue weighted by atomic mass is 9.79. The number of piperazine rings is 1. The third-order valence-corrected chi connectivity index (χ3v) is 7.47. The summed E-state index contributed by atoms with van der Waals surface area (Å²) in [6.45, 7) is 2.48. The number of carbonyl (C=O) groups excluding carboxylic acids is 2.